The average Bonchev–Trinajstić information content (AvgIpc) is 3.15. The molecule has 0 saturated heterocycles. The third-order valence-electron chi connectivity index (χ3n) is 5.91. The van der Waals surface area contributed by atoms with Gasteiger partial charge in [-0.3, -0.25) is 0 Å². The molecule has 2 aromatic heterocycles. The van der Waals surface area contributed by atoms with E-state index in [-0.39, 0.29) is 5.56 Å². The van der Waals surface area contributed by atoms with E-state index in [9.17, 15) is 9.90 Å². The Balaban J connectivity index is 1.66. The Kier molecular flexibility index (Phi) is 5.35. The molecule has 0 atom stereocenters. The van der Waals surface area contributed by atoms with Gasteiger partial charge in [0.1, 0.15) is 12.4 Å². The number of aromatic carboxylic acids is 1. The van der Waals surface area contributed by atoms with E-state index in [1.165, 1.54) is 5.39 Å². The fraction of sp³-hybridized carbons (Fsp3) is 0.143. The Morgan fingerprint density at radius 3 is 2.58 bits per heavy atom. The molecule has 3 aromatic carbocycles. The first-order valence-corrected chi connectivity index (χ1v) is 11.6. The summed E-state index contributed by atoms with van der Waals surface area (Å²) in [6.07, 6.45) is 0. The lowest BCUT2D eigenvalue weighted by atomic mass is 10.0. The molecule has 4 nitrogen and oxygen atoms in total. The number of rotatable bonds is 5. The van der Waals surface area contributed by atoms with Gasteiger partial charge >= 0.3 is 5.97 Å². The first kappa shape index (κ1) is 21.2. The molecule has 0 amide bonds. The summed E-state index contributed by atoms with van der Waals surface area (Å²) < 4.78 is 7.29. The largest absolute Gasteiger partial charge is 0.488 e. The average molecular weight is 454 g/mol. The number of nitrogens with zero attached hydrogens (tertiary/aromatic N) is 1. The van der Waals surface area contributed by atoms with Crippen molar-refractivity contribution in [1.82, 2.24) is 4.98 Å². The maximum Gasteiger partial charge on any atom is 0.336 e. The summed E-state index contributed by atoms with van der Waals surface area (Å²) in [4.78, 5) is 18.3. The van der Waals surface area contributed by atoms with Crippen molar-refractivity contribution in [3.63, 3.8) is 0 Å². The second-order valence-electron chi connectivity index (χ2n) is 8.29. The summed E-state index contributed by atoms with van der Waals surface area (Å²) in [5.41, 5.74) is 5.75. The Labute approximate surface area is 196 Å². The number of carbonyl (C=O) groups is 1. The maximum atomic E-state index is 12.4. The van der Waals surface area contributed by atoms with E-state index in [4.69, 9.17) is 9.72 Å². The summed E-state index contributed by atoms with van der Waals surface area (Å²) in [7, 11) is 0. The summed E-state index contributed by atoms with van der Waals surface area (Å²) >= 11 is 1.64. The Morgan fingerprint density at radius 1 is 1.00 bits per heavy atom. The molecule has 5 rings (SSSR count). The van der Waals surface area contributed by atoms with Crippen LogP contribution in [-0.4, -0.2) is 16.1 Å². The standard InChI is InChI=1S/C28H23NO3S/c1-16-7-6-8-19(13-16)15-32-23-12-11-17(2)26-25(23)21(28(30)31)14-22(29-26)27-18(3)20-9-4-5-10-24(20)33-27/h4-14H,15H2,1-3H3,(H,30,31). The number of carboxylic acid groups (broad SMARTS) is 1. The van der Waals surface area contributed by atoms with E-state index >= 15 is 0 Å². The minimum atomic E-state index is -0.992. The van der Waals surface area contributed by atoms with Crippen molar-refractivity contribution in [3.8, 4) is 16.3 Å². The summed E-state index contributed by atoms with van der Waals surface area (Å²) in [6.45, 7) is 6.41. The van der Waals surface area contributed by atoms with Crippen LogP contribution in [0.3, 0.4) is 0 Å². The number of aromatic nitrogens is 1. The second kappa shape index (κ2) is 8.34. The molecular weight excluding hydrogens is 430 g/mol. The smallest absolute Gasteiger partial charge is 0.336 e. The molecule has 0 fully saturated rings. The van der Waals surface area contributed by atoms with Gasteiger partial charge < -0.3 is 9.84 Å². The van der Waals surface area contributed by atoms with E-state index in [1.807, 2.05) is 56.3 Å². The first-order valence-electron chi connectivity index (χ1n) is 10.8. The molecular formula is C28H23NO3S. The SMILES string of the molecule is Cc1cccc(COc2ccc(C)c3nc(-c4sc5ccccc5c4C)cc(C(=O)O)c23)c1. The van der Waals surface area contributed by atoms with Gasteiger partial charge in [0.15, 0.2) is 0 Å². The quantitative estimate of drug-likeness (QED) is 0.303. The van der Waals surface area contributed by atoms with Gasteiger partial charge in [0.2, 0.25) is 0 Å². The van der Waals surface area contributed by atoms with Crippen LogP contribution in [0.25, 0.3) is 31.6 Å². The monoisotopic (exact) mass is 453 g/mol. The van der Waals surface area contributed by atoms with E-state index in [2.05, 4.69) is 25.1 Å². The maximum absolute atomic E-state index is 12.4. The number of thiophene rings is 1. The van der Waals surface area contributed by atoms with Crippen molar-refractivity contribution in [2.45, 2.75) is 27.4 Å². The molecule has 2 heterocycles. The fourth-order valence-corrected chi connectivity index (χ4v) is 5.40. The lowest BCUT2D eigenvalue weighted by Gasteiger charge is -2.14. The summed E-state index contributed by atoms with van der Waals surface area (Å²) in [5.74, 6) is -0.463. The summed E-state index contributed by atoms with van der Waals surface area (Å²) in [5, 5.41) is 11.8. The summed E-state index contributed by atoms with van der Waals surface area (Å²) in [6, 6.07) is 21.8. The van der Waals surface area contributed by atoms with Crippen LogP contribution in [0, 0.1) is 20.8 Å². The molecule has 1 N–H and O–H groups in total. The van der Waals surface area contributed by atoms with Crippen LogP contribution < -0.4 is 4.74 Å². The van der Waals surface area contributed by atoms with Gasteiger partial charge in [0.05, 0.1) is 27.0 Å². The van der Waals surface area contributed by atoms with Crippen molar-refractivity contribution < 1.29 is 14.6 Å². The molecule has 164 valence electrons. The van der Waals surface area contributed by atoms with Gasteiger partial charge in [-0.15, -0.1) is 11.3 Å². The highest BCUT2D eigenvalue weighted by atomic mass is 32.1. The number of carboxylic acids is 1. The highest BCUT2D eigenvalue weighted by molar-refractivity contribution is 7.22. The van der Waals surface area contributed by atoms with Gasteiger partial charge in [0.25, 0.3) is 0 Å². The number of aryl methyl sites for hydroxylation is 3. The number of hydrogen-bond acceptors (Lipinski definition) is 4. The zero-order valence-corrected chi connectivity index (χ0v) is 19.5. The topological polar surface area (TPSA) is 59.4 Å². The third kappa shape index (κ3) is 3.85. The normalized spacial score (nSPS) is 11.2. The molecule has 0 bridgehead atoms. The molecule has 0 aliphatic rings. The predicted molar refractivity (Wildman–Crippen MR) is 135 cm³/mol. The molecule has 0 unspecified atom stereocenters. The number of hydrogen-bond donors (Lipinski definition) is 1. The van der Waals surface area contributed by atoms with Crippen molar-refractivity contribution >= 4 is 38.3 Å². The molecule has 33 heavy (non-hydrogen) atoms. The molecule has 0 saturated carbocycles. The third-order valence-corrected chi connectivity index (χ3v) is 7.20. The lowest BCUT2D eigenvalue weighted by Crippen LogP contribution is -2.04. The first-order chi connectivity index (χ1) is 15.9. The molecule has 0 spiro atoms. The number of fused-ring (bicyclic) bond motifs is 2. The number of pyridine rings is 1. The minimum Gasteiger partial charge on any atom is -0.488 e. The van der Waals surface area contributed by atoms with Crippen molar-refractivity contribution in [2.24, 2.45) is 0 Å². The zero-order chi connectivity index (χ0) is 23.1. The highest BCUT2D eigenvalue weighted by Gasteiger charge is 2.20. The van der Waals surface area contributed by atoms with Gasteiger partial charge in [0, 0.05) is 4.70 Å². The Bertz CT molecular complexity index is 1530. The number of ether oxygens (including phenoxy) is 1. The Morgan fingerprint density at radius 2 is 1.82 bits per heavy atom. The van der Waals surface area contributed by atoms with Crippen LogP contribution in [0.4, 0.5) is 0 Å². The van der Waals surface area contributed by atoms with Gasteiger partial charge in [-0.05, 0) is 61.0 Å². The predicted octanol–water partition coefficient (Wildman–Crippen LogP) is 7.32. The van der Waals surface area contributed by atoms with Crippen LogP contribution in [0.5, 0.6) is 5.75 Å². The fourth-order valence-electron chi connectivity index (χ4n) is 4.23. The molecule has 0 aliphatic carbocycles. The van der Waals surface area contributed by atoms with E-state index in [0.29, 0.717) is 29.0 Å². The minimum absolute atomic E-state index is 0.204. The van der Waals surface area contributed by atoms with Crippen LogP contribution in [0.2, 0.25) is 0 Å². The molecule has 5 heteroatoms. The highest BCUT2D eigenvalue weighted by Crippen LogP contribution is 2.40. The van der Waals surface area contributed by atoms with Crippen LogP contribution in [-0.2, 0) is 6.61 Å². The molecule has 0 aliphatic heterocycles. The lowest BCUT2D eigenvalue weighted by molar-refractivity contribution is 0.0698. The molecule has 0 radical (unpaired) electrons. The van der Waals surface area contributed by atoms with E-state index < -0.39 is 5.97 Å². The van der Waals surface area contributed by atoms with Crippen LogP contribution >= 0.6 is 11.3 Å². The number of benzene rings is 3. The van der Waals surface area contributed by atoms with Gasteiger partial charge in [-0.25, -0.2) is 9.78 Å². The van der Waals surface area contributed by atoms with Crippen molar-refractivity contribution in [2.75, 3.05) is 0 Å². The van der Waals surface area contributed by atoms with Gasteiger partial charge in [-0.1, -0.05) is 54.1 Å². The molecule has 5 aromatic rings. The van der Waals surface area contributed by atoms with Crippen molar-refractivity contribution in [3.05, 3.63) is 94.5 Å². The van der Waals surface area contributed by atoms with E-state index in [0.717, 1.165) is 31.8 Å². The Hall–Kier alpha value is -3.70. The van der Waals surface area contributed by atoms with Crippen LogP contribution in [0.1, 0.15) is 32.6 Å². The zero-order valence-electron chi connectivity index (χ0n) is 18.7. The second-order valence-corrected chi connectivity index (χ2v) is 9.35. The van der Waals surface area contributed by atoms with Crippen molar-refractivity contribution in [1.29, 1.82) is 0 Å². The van der Waals surface area contributed by atoms with Gasteiger partial charge in [-0.2, -0.15) is 0 Å². The van der Waals surface area contributed by atoms with Crippen LogP contribution in [0.15, 0.2) is 66.7 Å². The van der Waals surface area contributed by atoms with E-state index in [1.54, 1.807) is 17.4 Å².